The van der Waals surface area contributed by atoms with Crippen molar-refractivity contribution in [2.75, 3.05) is 78.3 Å². The Labute approximate surface area is 202 Å². The number of benzene rings is 1. The van der Waals surface area contributed by atoms with E-state index in [9.17, 15) is 29.5 Å². The highest BCUT2D eigenvalue weighted by atomic mass is 31.1. The molecule has 1 aliphatic rings. The maximum absolute atomic E-state index is 11.4. The Morgan fingerprint density at radius 1 is 0.824 bits per heavy atom. The maximum atomic E-state index is 11.4. The van der Waals surface area contributed by atoms with Gasteiger partial charge in [-0.1, -0.05) is 29.8 Å². The molecular formula is C23H37N4O6P. The van der Waals surface area contributed by atoms with Crippen molar-refractivity contribution in [3.63, 3.8) is 0 Å². The number of aliphatic carboxylic acids is 2. The molecule has 1 aliphatic heterocycles. The summed E-state index contributed by atoms with van der Waals surface area (Å²) >= 11 is 0. The molecule has 0 bridgehead atoms. The lowest BCUT2D eigenvalue weighted by Gasteiger charge is -2.33. The van der Waals surface area contributed by atoms with Crippen LogP contribution in [0, 0.1) is 6.92 Å². The van der Waals surface area contributed by atoms with Crippen molar-refractivity contribution in [1.82, 2.24) is 19.6 Å². The van der Waals surface area contributed by atoms with Gasteiger partial charge in [0.25, 0.3) is 0 Å². The minimum Gasteiger partial charge on any atom is -0.480 e. The van der Waals surface area contributed by atoms with Crippen LogP contribution in [0.1, 0.15) is 11.1 Å². The Bertz CT molecular complexity index is 781. The Hall–Kier alpha value is -1.94. The van der Waals surface area contributed by atoms with Gasteiger partial charge in [0, 0.05) is 73.0 Å². The maximum Gasteiger partial charge on any atom is 0.317 e. The first-order valence-electron chi connectivity index (χ1n) is 11.5. The van der Waals surface area contributed by atoms with Crippen LogP contribution in [0.3, 0.4) is 0 Å². The predicted molar refractivity (Wildman–Crippen MR) is 131 cm³/mol. The number of aryl methyl sites for hydroxylation is 1. The molecule has 2 rings (SSSR count). The van der Waals surface area contributed by atoms with E-state index in [0.717, 1.165) is 11.8 Å². The highest BCUT2D eigenvalue weighted by Crippen LogP contribution is 2.35. The predicted octanol–water partition coefficient (Wildman–Crippen LogP) is 0.431. The van der Waals surface area contributed by atoms with Gasteiger partial charge in [0.2, 0.25) is 0 Å². The van der Waals surface area contributed by atoms with Crippen LogP contribution >= 0.6 is 8.15 Å². The standard InChI is InChI=1S/C23H37N4O6P/c1-20-2-4-21(5-3-20)18-34(33)19-27-12-7-24(14-15-28)6-8-25(16-22(29)30)9-10-26(11-13-27)17-23(31)32/h2-5,15,33H,6-14,16-19H2,1H3,(H,29,30)(H,31,32). The Morgan fingerprint density at radius 3 is 1.71 bits per heavy atom. The molecule has 1 atom stereocenters. The number of hydrogen-bond acceptors (Lipinski definition) is 8. The number of nitrogens with zero attached hydrogens (tertiary/aromatic N) is 4. The molecule has 1 fully saturated rings. The summed E-state index contributed by atoms with van der Waals surface area (Å²) in [7, 11) is -1.28. The van der Waals surface area contributed by atoms with Gasteiger partial charge in [-0.15, -0.1) is 0 Å². The second kappa shape index (κ2) is 15.1. The molecule has 0 amide bonds. The lowest BCUT2D eigenvalue weighted by molar-refractivity contribution is -0.140. The molecule has 1 aromatic carbocycles. The Morgan fingerprint density at radius 2 is 1.26 bits per heavy atom. The van der Waals surface area contributed by atoms with Crippen LogP contribution in [0.25, 0.3) is 0 Å². The molecular weight excluding hydrogens is 459 g/mol. The van der Waals surface area contributed by atoms with E-state index in [1.54, 1.807) is 4.90 Å². The Balaban J connectivity index is 2.07. The van der Waals surface area contributed by atoms with Gasteiger partial charge in [-0.3, -0.25) is 29.2 Å². The van der Waals surface area contributed by atoms with Gasteiger partial charge in [-0.2, -0.15) is 0 Å². The normalized spacial score (nSPS) is 19.1. The van der Waals surface area contributed by atoms with Crippen LogP contribution in [0.5, 0.6) is 0 Å². The molecule has 1 unspecified atom stereocenters. The first kappa shape index (κ1) is 28.3. The zero-order valence-corrected chi connectivity index (χ0v) is 20.8. The van der Waals surface area contributed by atoms with Crippen molar-refractivity contribution in [2.24, 2.45) is 0 Å². The number of hydrogen-bond donors (Lipinski definition) is 3. The molecule has 11 heteroatoms. The average molecular weight is 497 g/mol. The lowest BCUT2D eigenvalue weighted by Crippen LogP contribution is -2.48. The number of aldehydes is 1. The summed E-state index contributed by atoms with van der Waals surface area (Å²) < 4.78 is 0. The summed E-state index contributed by atoms with van der Waals surface area (Å²) in [5.74, 6) is -1.86. The third kappa shape index (κ3) is 11.5. The van der Waals surface area contributed by atoms with E-state index in [-0.39, 0.29) is 19.6 Å². The molecule has 1 saturated heterocycles. The summed E-state index contributed by atoms with van der Waals surface area (Å²) in [6.45, 7) is 6.20. The number of carboxylic acids is 2. The van der Waals surface area contributed by atoms with Gasteiger partial charge in [-0.25, -0.2) is 0 Å². The van der Waals surface area contributed by atoms with Gasteiger partial charge in [0.1, 0.15) is 6.29 Å². The topological polar surface area (TPSA) is 125 Å². The van der Waals surface area contributed by atoms with E-state index in [0.29, 0.717) is 64.8 Å². The van der Waals surface area contributed by atoms with E-state index in [1.807, 2.05) is 41.0 Å². The number of carbonyl (C=O) groups is 3. The number of carboxylic acid groups (broad SMARTS) is 2. The van der Waals surface area contributed by atoms with Crippen molar-refractivity contribution in [3.8, 4) is 0 Å². The minimum atomic E-state index is -1.28. The molecule has 10 nitrogen and oxygen atoms in total. The SMILES string of the molecule is Cc1ccc(CP(O)CN2CCN(CC=O)CCN(CC(=O)O)CCN(CC(=O)O)CC2)cc1. The highest BCUT2D eigenvalue weighted by Gasteiger charge is 2.20. The first-order chi connectivity index (χ1) is 16.2. The third-order valence-corrected chi connectivity index (χ3v) is 7.29. The van der Waals surface area contributed by atoms with Crippen LogP contribution < -0.4 is 0 Å². The summed E-state index contributed by atoms with van der Waals surface area (Å²) in [5.41, 5.74) is 2.26. The van der Waals surface area contributed by atoms with Crippen LogP contribution in [-0.2, 0) is 20.5 Å². The lowest BCUT2D eigenvalue weighted by atomic mass is 10.2. The molecule has 0 radical (unpaired) electrons. The molecule has 0 aromatic heterocycles. The molecule has 3 N–H and O–H groups in total. The smallest absolute Gasteiger partial charge is 0.317 e. The first-order valence-corrected chi connectivity index (χ1v) is 13.2. The van der Waals surface area contributed by atoms with Gasteiger partial charge >= 0.3 is 11.9 Å². The number of carbonyl (C=O) groups excluding carboxylic acids is 1. The Kier molecular flexibility index (Phi) is 12.6. The fourth-order valence-corrected chi connectivity index (χ4v) is 5.37. The van der Waals surface area contributed by atoms with Crippen molar-refractivity contribution >= 4 is 26.4 Å². The second-order valence-corrected chi connectivity index (χ2v) is 10.3. The van der Waals surface area contributed by atoms with Crippen LogP contribution in [0.4, 0.5) is 0 Å². The van der Waals surface area contributed by atoms with Crippen molar-refractivity contribution in [2.45, 2.75) is 13.1 Å². The fourth-order valence-electron chi connectivity index (χ4n) is 3.89. The minimum absolute atomic E-state index is 0.122. The zero-order valence-electron chi connectivity index (χ0n) is 19.9. The van der Waals surface area contributed by atoms with E-state index in [4.69, 9.17) is 0 Å². The summed E-state index contributed by atoms with van der Waals surface area (Å²) in [5, 5.41) is 18.5. The van der Waals surface area contributed by atoms with Gasteiger partial charge in [0.05, 0.1) is 19.6 Å². The third-order valence-electron chi connectivity index (χ3n) is 5.83. The van der Waals surface area contributed by atoms with Crippen molar-refractivity contribution in [1.29, 1.82) is 0 Å². The van der Waals surface area contributed by atoms with Gasteiger partial charge in [0.15, 0.2) is 0 Å². The van der Waals surface area contributed by atoms with E-state index in [2.05, 4.69) is 4.90 Å². The van der Waals surface area contributed by atoms with Crippen LogP contribution in [0.15, 0.2) is 24.3 Å². The molecule has 0 spiro atoms. The molecule has 190 valence electrons. The molecule has 1 heterocycles. The molecule has 34 heavy (non-hydrogen) atoms. The van der Waals surface area contributed by atoms with Crippen LogP contribution in [0.2, 0.25) is 0 Å². The average Bonchev–Trinajstić information content (AvgIpc) is 2.76. The summed E-state index contributed by atoms with van der Waals surface area (Å²) in [6, 6.07) is 8.12. The fraction of sp³-hybridized carbons (Fsp3) is 0.609. The van der Waals surface area contributed by atoms with Crippen LogP contribution in [-0.4, -0.2) is 131 Å². The van der Waals surface area contributed by atoms with E-state index < -0.39 is 20.1 Å². The monoisotopic (exact) mass is 496 g/mol. The molecule has 0 aliphatic carbocycles. The molecule has 1 aromatic rings. The molecule has 0 saturated carbocycles. The quantitative estimate of drug-likeness (QED) is 0.310. The van der Waals surface area contributed by atoms with Gasteiger partial charge < -0.3 is 19.9 Å². The number of rotatable bonds is 10. The van der Waals surface area contributed by atoms with E-state index >= 15 is 0 Å². The summed E-state index contributed by atoms with van der Waals surface area (Å²) in [4.78, 5) is 52.3. The largest absolute Gasteiger partial charge is 0.480 e. The van der Waals surface area contributed by atoms with Gasteiger partial charge in [-0.05, 0) is 12.5 Å². The summed E-state index contributed by atoms with van der Waals surface area (Å²) in [6.07, 6.45) is 1.94. The van der Waals surface area contributed by atoms with Crippen molar-refractivity contribution in [3.05, 3.63) is 35.4 Å². The highest BCUT2D eigenvalue weighted by molar-refractivity contribution is 7.50. The zero-order chi connectivity index (χ0) is 24.9. The second-order valence-electron chi connectivity index (χ2n) is 8.72. The van der Waals surface area contributed by atoms with Crippen molar-refractivity contribution < 1.29 is 29.5 Å². The van der Waals surface area contributed by atoms with E-state index in [1.165, 1.54) is 5.56 Å².